The summed E-state index contributed by atoms with van der Waals surface area (Å²) < 4.78 is 38.9. The average Bonchev–Trinajstić information content (AvgIpc) is 2.82. The summed E-state index contributed by atoms with van der Waals surface area (Å²) in [5.74, 6) is 0.956. The molecule has 0 fully saturated rings. The molecule has 7 nitrogen and oxygen atoms in total. The number of anilines is 2. The first-order valence-electron chi connectivity index (χ1n) is 12.0. The summed E-state index contributed by atoms with van der Waals surface area (Å²) in [6.45, 7) is 12.6. The molecule has 0 radical (unpaired) electrons. The molecule has 0 aliphatic heterocycles. The van der Waals surface area contributed by atoms with Gasteiger partial charge < -0.3 is 14.8 Å². The fourth-order valence-electron chi connectivity index (χ4n) is 3.64. The lowest BCUT2D eigenvalue weighted by atomic mass is 9.80. The third-order valence-corrected chi connectivity index (χ3v) is 7.20. The molecular formula is C29H36N2O5S. The van der Waals surface area contributed by atoms with Crippen LogP contribution in [-0.2, 0) is 25.6 Å². The second-order valence-electron chi connectivity index (χ2n) is 10.9. The molecule has 0 saturated carbocycles. The molecule has 0 heterocycles. The quantitative estimate of drug-likeness (QED) is 0.371. The predicted octanol–water partition coefficient (Wildman–Crippen LogP) is 6.11. The number of nitrogens with one attached hydrogen (secondary N) is 2. The summed E-state index contributed by atoms with van der Waals surface area (Å²) in [5.41, 5.74) is 2.96. The number of benzene rings is 3. The summed E-state index contributed by atoms with van der Waals surface area (Å²) in [5, 5.41) is 2.75. The minimum absolute atomic E-state index is 0.000288. The van der Waals surface area contributed by atoms with Crippen LogP contribution in [0.1, 0.15) is 52.7 Å². The van der Waals surface area contributed by atoms with E-state index in [1.165, 1.54) is 17.7 Å². The second kappa shape index (κ2) is 10.8. The standard InChI is InChI=1S/C29H36N2O5S/c1-28(2,3)20-8-17-26(25(18-20)29(4,5)6)36-19-27(32)30-21-11-15-24(16-12-21)37(33,34)31-22-9-13-23(35-7)14-10-22/h8-18,31H,19H2,1-7H3,(H,30,32). The van der Waals surface area contributed by atoms with Crippen molar-refractivity contribution in [1.82, 2.24) is 0 Å². The normalized spacial score (nSPS) is 12.1. The molecule has 0 bridgehead atoms. The molecule has 0 spiro atoms. The largest absolute Gasteiger partial charge is 0.497 e. The van der Waals surface area contributed by atoms with Gasteiger partial charge in [-0.1, -0.05) is 53.7 Å². The molecule has 8 heteroatoms. The van der Waals surface area contributed by atoms with Crippen molar-refractivity contribution in [3.05, 3.63) is 77.9 Å². The Morgan fingerprint density at radius 3 is 1.95 bits per heavy atom. The summed E-state index contributed by atoms with van der Waals surface area (Å²) in [7, 11) is -2.24. The zero-order valence-electron chi connectivity index (χ0n) is 22.5. The van der Waals surface area contributed by atoms with Crippen LogP contribution < -0.4 is 19.5 Å². The van der Waals surface area contributed by atoms with Gasteiger partial charge in [0.05, 0.1) is 12.0 Å². The lowest BCUT2D eigenvalue weighted by Gasteiger charge is -2.27. The van der Waals surface area contributed by atoms with E-state index in [1.54, 1.807) is 43.5 Å². The Morgan fingerprint density at radius 2 is 1.41 bits per heavy atom. The molecule has 0 aliphatic carbocycles. The number of amides is 1. The highest BCUT2D eigenvalue weighted by atomic mass is 32.2. The van der Waals surface area contributed by atoms with Crippen molar-refractivity contribution in [2.75, 3.05) is 23.8 Å². The van der Waals surface area contributed by atoms with Gasteiger partial charge in [0.25, 0.3) is 15.9 Å². The number of ether oxygens (including phenoxy) is 2. The Labute approximate surface area is 220 Å². The molecule has 37 heavy (non-hydrogen) atoms. The van der Waals surface area contributed by atoms with Gasteiger partial charge in [-0.25, -0.2) is 8.42 Å². The van der Waals surface area contributed by atoms with E-state index in [4.69, 9.17) is 9.47 Å². The maximum absolute atomic E-state index is 12.7. The molecule has 0 saturated heterocycles. The van der Waals surface area contributed by atoms with Gasteiger partial charge in [-0.15, -0.1) is 0 Å². The Bertz CT molecular complexity index is 1340. The highest BCUT2D eigenvalue weighted by Gasteiger charge is 2.23. The monoisotopic (exact) mass is 524 g/mol. The predicted molar refractivity (Wildman–Crippen MR) is 148 cm³/mol. The Balaban J connectivity index is 1.64. The van der Waals surface area contributed by atoms with E-state index in [1.807, 2.05) is 12.1 Å². The van der Waals surface area contributed by atoms with Crippen LogP contribution in [0.25, 0.3) is 0 Å². The first kappa shape index (κ1) is 28.1. The summed E-state index contributed by atoms with van der Waals surface area (Å²) in [6, 6.07) is 18.6. The van der Waals surface area contributed by atoms with Crippen molar-refractivity contribution in [2.24, 2.45) is 0 Å². The average molecular weight is 525 g/mol. The summed E-state index contributed by atoms with van der Waals surface area (Å²) >= 11 is 0. The molecule has 0 unspecified atom stereocenters. The van der Waals surface area contributed by atoms with Crippen molar-refractivity contribution in [3.8, 4) is 11.5 Å². The van der Waals surface area contributed by atoms with Crippen LogP contribution in [0.2, 0.25) is 0 Å². The molecule has 3 aromatic rings. The molecule has 1 amide bonds. The van der Waals surface area contributed by atoms with E-state index in [9.17, 15) is 13.2 Å². The fraction of sp³-hybridized carbons (Fsp3) is 0.345. The van der Waals surface area contributed by atoms with E-state index >= 15 is 0 Å². The van der Waals surface area contributed by atoms with E-state index in [2.05, 4.69) is 57.6 Å². The van der Waals surface area contributed by atoms with Gasteiger partial charge in [-0.2, -0.15) is 0 Å². The zero-order valence-corrected chi connectivity index (χ0v) is 23.3. The van der Waals surface area contributed by atoms with Crippen molar-refractivity contribution >= 4 is 27.3 Å². The number of carbonyl (C=O) groups is 1. The third kappa shape index (κ3) is 7.49. The Kier molecular flexibility index (Phi) is 8.22. The van der Waals surface area contributed by atoms with Crippen molar-refractivity contribution in [2.45, 2.75) is 57.3 Å². The first-order valence-corrected chi connectivity index (χ1v) is 13.5. The van der Waals surface area contributed by atoms with E-state index in [0.717, 1.165) is 5.56 Å². The van der Waals surface area contributed by atoms with Gasteiger partial charge in [-0.3, -0.25) is 9.52 Å². The SMILES string of the molecule is COc1ccc(NS(=O)(=O)c2ccc(NC(=O)COc3ccc(C(C)(C)C)cc3C(C)(C)C)cc2)cc1. The summed E-state index contributed by atoms with van der Waals surface area (Å²) in [4.78, 5) is 12.6. The highest BCUT2D eigenvalue weighted by Crippen LogP contribution is 2.35. The minimum atomic E-state index is -3.79. The molecular weight excluding hydrogens is 488 g/mol. The number of sulfonamides is 1. The van der Waals surface area contributed by atoms with Crippen molar-refractivity contribution in [1.29, 1.82) is 0 Å². The van der Waals surface area contributed by atoms with Gasteiger partial charge in [0.1, 0.15) is 11.5 Å². The maximum Gasteiger partial charge on any atom is 0.262 e. The first-order chi connectivity index (χ1) is 17.2. The number of hydrogen-bond acceptors (Lipinski definition) is 5. The van der Waals surface area contributed by atoms with Crippen LogP contribution in [0, 0.1) is 0 Å². The van der Waals surface area contributed by atoms with E-state index in [-0.39, 0.29) is 28.2 Å². The topological polar surface area (TPSA) is 93.7 Å². The second-order valence-corrected chi connectivity index (χ2v) is 12.6. The van der Waals surface area contributed by atoms with Crippen LogP contribution >= 0.6 is 0 Å². The van der Waals surface area contributed by atoms with Crippen LogP contribution in [-0.4, -0.2) is 28.0 Å². The van der Waals surface area contributed by atoms with Crippen molar-refractivity contribution < 1.29 is 22.7 Å². The lowest BCUT2D eigenvalue weighted by molar-refractivity contribution is -0.118. The summed E-state index contributed by atoms with van der Waals surface area (Å²) in [6.07, 6.45) is 0. The Morgan fingerprint density at radius 1 is 0.811 bits per heavy atom. The fourth-order valence-corrected chi connectivity index (χ4v) is 4.70. The number of hydrogen-bond donors (Lipinski definition) is 2. The van der Waals surface area contributed by atoms with E-state index < -0.39 is 10.0 Å². The molecule has 198 valence electrons. The van der Waals surface area contributed by atoms with Gasteiger partial charge in [-0.05, 0) is 76.6 Å². The van der Waals surface area contributed by atoms with Crippen LogP contribution in [0.5, 0.6) is 11.5 Å². The minimum Gasteiger partial charge on any atom is -0.497 e. The third-order valence-electron chi connectivity index (χ3n) is 5.80. The van der Waals surface area contributed by atoms with Crippen molar-refractivity contribution in [3.63, 3.8) is 0 Å². The number of rotatable bonds is 8. The van der Waals surface area contributed by atoms with Gasteiger partial charge in [0.2, 0.25) is 0 Å². The maximum atomic E-state index is 12.7. The molecule has 0 aromatic heterocycles. The molecule has 0 aliphatic rings. The van der Waals surface area contributed by atoms with Crippen LogP contribution in [0.15, 0.2) is 71.6 Å². The molecule has 3 rings (SSSR count). The van der Waals surface area contributed by atoms with Gasteiger partial charge >= 0.3 is 0 Å². The molecule has 2 N–H and O–H groups in total. The smallest absolute Gasteiger partial charge is 0.262 e. The van der Waals surface area contributed by atoms with E-state index in [0.29, 0.717) is 22.9 Å². The zero-order chi connectivity index (χ0) is 27.4. The van der Waals surface area contributed by atoms with Crippen LogP contribution in [0.3, 0.4) is 0 Å². The molecule has 3 aromatic carbocycles. The van der Waals surface area contributed by atoms with Crippen LogP contribution in [0.4, 0.5) is 11.4 Å². The Hall–Kier alpha value is -3.52. The number of carbonyl (C=O) groups excluding carboxylic acids is 1. The van der Waals surface area contributed by atoms with Gasteiger partial charge in [0, 0.05) is 11.4 Å². The van der Waals surface area contributed by atoms with Gasteiger partial charge in [0.15, 0.2) is 6.61 Å². The number of methoxy groups -OCH3 is 1. The lowest BCUT2D eigenvalue weighted by Crippen LogP contribution is -2.23. The molecule has 0 atom stereocenters. The highest BCUT2D eigenvalue weighted by molar-refractivity contribution is 7.92.